The molecule has 4 nitrogen and oxygen atoms in total. The van der Waals surface area contributed by atoms with Gasteiger partial charge in [0.25, 0.3) is 5.91 Å². The van der Waals surface area contributed by atoms with Gasteiger partial charge in [0.15, 0.2) is 0 Å². The monoisotopic (exact) mass is 530 g/mol. The molecule has 1 amide bonds. The molecule has 1 unspecified atom stereocenters. The quantitative estimate of drug-likeness (QED) is 0.193. The molecule has 1 heterocycles. The largest absolute Gasteiger partial charge is 0.391 e. The van der Waals surface area contributed by atoms with Crippen LogP contribution in [0.5, 0.6) is 0 Å². The molecule has 0 radical (unpaired) electrons. The summed E-state index contributed by atoms with van der Waals surface area (Å²) in [5.74, 6) is 0.0964. The van der Waals surface area contributed by atoms with Gasteiger partial charge >= 0.3 is 0 Å². The van der Waals surface area contributed by atoms with E-state index in [0.717, 1.165) is 10.9 Å². The van der Waals surface area contributed by atoms with Crippen LogP contribution in [0, 0.1) is 0 Å². The number of aromatic nitrogens is 1. The first-order valence-electron chi connectivity index (χ1n) is 10.5. The van der Waals surface area contributed by atoms with Crippen molar-refractivity contribution in [3.05, 3.63) is 94.0 Å². The molecule has 174 valence electrons. The number of pyridine rings is 1. The third kappa shape index (κ3) is 5.68. The van der Waals surface area contributed by atoms with E-state index >= 15 is 0 Å². The van der Waals surface area contributed by atoms with Gasteiger partial charge in [-0.3, -0.25) is 4.79 Å². The van der Waals surface area contributed by atoms with Gasteiger partial charge < -0.3 is 10.4 Å². The van der Waals surface area contributed by atoms with E-state index < -0.39 is 6.10 Å². The summed E-state index contributed by atoms with van der Waals surface area (Å²) in [6.07, 6.45) is -0.734. The number of alkyl halides is 1. The van der Waals surface area contributed by atoms with Gasteiger partial charge in [-0.15, -0.1) is 23.4 Å². The van der Waals surface area contributed by atoms with E-state index in [0.29, 0.717) is 49.6 Å². The highest BCUT2D eigenvalue weighted by Crippen LogP contribution is 2.40. The zero-order valence-electron chi connectivity index (χ0n) is 18.0. The number of nitrogens with one attached hydrogen (secondary N) is 1. The van der Waals surface area contributed by atoms with E-state index in [1.807, 2.05) is 60.7 Å². The Morgan fingerprint density at radius 3 is 2.50 bits per heavy atom. The molecule has 0 fully saturated rings. The van der Waals surface area contributed by atoms with E-state index in [1.54, 1.807) is 12.1 Å². The van der Waals surface area contributed by atoms with Crippen LogP contribution in [0.25, 0.3) is 22.0 Å². The second-order valence-corrected chi connectivity index (χ2v) is 9.76. The number of hydrogen-bond donors (Lipinski definition) is 2. The molecule has 0 saturated heterocycles. The Labute approximate surface area is 217 Å². The number of amides is 1. The number of thioether (sulfide) groups is 1. The number of fused-ring (bicyclic) bond motifs is 1. The molecule has 1 atom stereocenters. The van der Waals surface area contributed by atoms with Gasteiger partial charge in [-0.2, -0.15) is 0 Å². The average Bonchev–Trinajstić information content (AvgIpc) is 2.85. The van der Waals surface area contributed by atoms with Crippen LogP contribution in [0.2, 0.25) is 10.0 Å². The first-order valence-corrected chi connectivity index (χ1v) is 12.8. The van der Waals surface area contributed by atoms with Crippen LogP contribution >= 0.6 is 46.6 Å². The Bertz CT molecular complexity index is 1320. The fraction of sp³-hybridized carbons (Fsp3) is 0.154. The minimum Gasteiger partial charge on any atom is -0.391 e. The zero-order chi connectivity index (χ0) is 24.1. The van der Waals surface area contributed by atoms with Crippen LogP contribution in [-0.4, -0.2) is 33.7 Å². The number of para-hydroxylation sites is 1. The van der Waals surface area contributed by atoms with Crippen molar-refractivity contribution in [1.29, 1.82) is 0 Å². The van der Waals surface area contributed by atoms with Crippen LogP contribution < -0.4 is 5.32 Å². The van der Waals surface area contributed by atoms with Crippen LogP contribution in [0.1, 0.15) is 15.9 Å². The number of aliphatic hydroxyl groups excluding tert-OH is 1. The van der Waals surface area contributed by atoms with Crippen molar-refractivity contribution in [1.82, 2.24) is 10.3 Å². The van der Waals surface area contributed by atoms with Crippen molar-refractivity contribution >= 4 is 63.4 Å². The molecule has 0 aliphatic rings. The summed E-state index contributed by atoms with van der Waals surface area (Å²) >= 11 is 19.9. The number of hydrogen-bond acceptors (Lipinski definition) is 4. The van der Waals surface area contributed by atoms with Gasteiger partial charge in [0.1, 0.15) is 5.03 Å². The lowest BCUT2D eigenvalue weighted by atomic mass is 9.95. The SMILES string of the molecule is O=C(NCc1ccccc1)c1c(SCC(O)CCl)nc2ccccc2c1-c1ccc(Cl)cc1Cl. The lowest BCUT2D eigenvalue weighted by Crippen LogP contribution is -2.25. The van der Waals surface area contributed by atoms with Crippen molar-refractivity contribution < 1.29 is 9.90 Å². The summed E-state index contributed by atoms with van der Waals surface area (Å²) in [7, 11) is 0. The second-order valence-electron chi connectivity index (χ2n) is 7.60. The average molecular weight is 532 g/mol. The molecule has 3 aromatic carbocycles. The molecule has 8 heteroatoms. The summed E-state index contributed by atoms with van der Waals surface area (Å²) in [5.41, 5.74) is 3.43. The highest BCUT2D eigenvalue weighted by atomic mass is 35.5. The Hall–Kier alpha value is -2.28. The summed E-state index contributed by atoms with van der Waals surface area (Å²) in [5, 5.41) is 15.3. The van der Waals surface area contributed by atoms with Gasteiger partial charge in [0, 0.05) is 44.7 Å². The van der Waals surface area contributed by atoms with Gasteiger partial charge in [-0.05, 0) is 23.8 Å². The van der Waals surface area contributed by atoms with Gasteiger partial charge in [0.2, 0.25) is 0 Å². The number of carbonyl (C=O) groups is 1. The van der Waals surface area contributed by atoms with E-state index in [2.05, 4.69) is 5.32 Å². The highest BCUT2D eigenvalue weighted by molar-refractivity contribution is 7.99. The number of benzene rings is 3. The fourth-order valence-electron chi connectivity index (χ4n) is 3.56. The van der Waals surface area contributed by atoms with Crippen LogP contribution in [0.15, 0.2) is 77.8 Å². The number of halogens is 3. The van der Waals surface area contributed by atoms with Crippen molar-refractivity contribution in [3.8, 4) is 11.1 Å². The molecule has 34 heavy (non-hydrogen) atoms. The van der Waals surface area contributed by atoms with Crippen LogP contribution in [0.4, 0.5) is 0 Å². The zero-order valence-corrected chi connectivity index (χ0v) is 21.1. The number of carbonyl (C=O) groups excluding carboxylic acids is 1. The van der Waals surface area contributed by atoms with Crippen molar-refractivity contribution in [2.24, 2.45) is 0 Å². The smallest absolute Gasteiger partial charge is 0.254 e. The van der Waals surface area contributed by atoms with Gasteiger partial charge in [-0.25, -0.2) is 4.98 Å². The number of aliphatic hydroxyl groups is 1. The Morgan fingerprint density at radius 1 is 1.03 bits per heavy atom. The lowest BCUT2D eigenvalue weighted by molar-refractivity contribution is 0.0948. The van der Waals surface area contributed by atoms with Crippen molar-refractivity contribution in [2.75, 3.05) is 11.6 Å². The van der Waals surface area contributed by atoms with E-state index in [1.165, 1.54) is 11.8 Å². The Balaban J connectivity index is 1.88. The highest BCUT2D eigenvalue weighted by Gasteiger charge is 2.24. The maximum Gasteiger partial charge on any atom is 0.254 e. The van der Waals surface area contributed by atoms with Crippen LogP contribution in [-0.2, 0) is 6.54 Å². The Morgan fingerprint density at radius 2 is 1.76 bits per heavy atom. The van der Waals surface area contributed by atoms with Crippen LogP contribution in [0.3, 0.4) is 0 Å². The number of rotatable bonds is 8. The minimum absolute atomic E-state index is 0.0893. The van der Waals surface area contributed by atoms with E-state index in [4.69, 9.17) is 39.8 Å². The molecule has 4 aromatic rings. The molecule has 0 aliphatic heterocycles. The molecule has 0 bridgehead atoms. The molecular formula is C26H21Cl3N2O2S. The normalized spacial score (nSPS) is 12.0. The molecule has 2 N–H and O–H groups in total. The molecule has 1 aromatic heterocycles. The Kier molecular flexibility index (Phi) is 8.35. The summed E-state index contributed by atoms with van der Waals surface area (Å²) in [6, 6.07) is 22.5. The van der Waals surface area contributed by atoms with Gasteiger partial charge in [-0.1, -0.05) is 77.8 Å². The maximum atomic E-state index is 13.6. The lowest BCUT2D eigenvalue weighted by Gasteiger charge is -2.18. The van der Waals surface area contributed by atoms with Crippen molar-refractivity contribution in [3.63, 3.8) is 0 Å². The minimum atomic E-state index is -0.734. The first kappa shape index (κ1) is 24.8. The van der Waals surface area contributed by atoms with Crippen molar-refractivity contribution in [2.45, 2.75) is 17.7 Å². The standard InChI is InChI=1S/C26H21Cl3N2O2S/c27-13-18(32)15-34-26-24(25(33)30-14-16-6-2-1-3-7-16)23(19-11-10-17(28)12-21(19)29)20-8-4-5-9-22(20)31-26/h1-12,18,32H,13-15H2,(H,30,33). The molecule has 0 spiro atoms. The third-order valence-corrected chi connectivity index (χ3v) is 7.20. The molecule has 0 saturated carbocycles. The molecule has 4 rings (SSSR count). The first-order chi connectivity index (χ1) is 16.5. The number of nitrogens with zero attached hydrogens (tertiary/aromatic N) is 1. The third-order valence-electron chi connectivity index (χ3n) is 5.17. The molecular weight excluding hydrogens is 511 g/mol. The summed E-state index contributed by atoms with van der Waals surface area (Å²) in [4.78, 5) is 18.4. The van der Waals surface area contributed by atoms with E-state index in [9.17, 15) is 9.90 Å². The van der Waals surface area contributed by atoms with E-state index in [-0.39, 0.29) is 11.8 Å². The topological polar surface area (TPSA) is 62.2 Å². The predicted octanol–water partition coefficient (Wildman–Crippen LogP) is 6.83. The maximum absolute atomic E-state index is 13.6. The summed E-state index contributed by atoms with van der Waals surface area (Å²) < 4.78 is 0. The van der Waals surface area contributed by atoms with Gasteiger partial charge in [0.05, 0.1) is 17.2 Å². The molecule has 0 aliphatic carbocycles. The second kappa shape index (κ2) is 11.4. The predicted molar refractivity (Wildman–Crippen MR) is 142 cm³/mol. The fourth-order valence-corrected chi connectivity index (χ4v) is 5.27. The summed E-state index contributed by atoms with van der Waals surface area (Å²) in [6.45, 7) is 0.356.